The van der Waals surface area contributed by atoms with E-state index in [1.165, 1.54) is 30.4 Å². The second kappa shape index (κ2) is 8.78. The van der Waals surface area contributed by atoms with E-state index in [2.05, 4.69) is 46.4 Å². The van der Waals surface area contributed by atoms with E-state index in [-0.39, 0.29) is 11.9 Å². The summed E-state index contributed by atoms with van der Waals surface area (Å²) in [5, 5.41) is 3.13. The molecule has 5 heteroatoms. The minimum Gasteiger partial charge on any atom is -0.350 e. The molecule has 3 aromatic rings. The van der Waals surface area contributed by atoms with Crippen LogP contribution in [-0.4, -0.2) is 32.9 Å². The van der Waals surface area contributed by atoms with Crippen molar-refractivity contribution in [3.05, 3.63) is 66.0 Å². The lowest BCUT2D eigenvalue weighted by Gasteiger charge is -2.33. The number of amides is 1. The fourth-order valence-electron chi connectivity index (χ4n) is 4.24. The maximum Gasteiger partial charge on any atom is 0.243 e. The Morgan fingerprint density at radius 1 is 1.14 bits per heavy atom. The van der Waals surface area contributed by atoms with Crippen LogP contribution in [-0.2, 0) is 17.9 Å². The highest BCUT2D eigenvalue weighted by Crippen LogP contribution is 2.21. The van der Waals surface area contributed by atoms with E-state index in [0.29, 0.717) is 12.6 Å². The van der Waals surface area contributed by atoms with Crippen LogP contribution >= 0.6 is 0 Å². The van der Waals surface area contributed by atoms with Crippen molar-refractivity contribution in [3.8, 4) is 0 Å². The molecule has 1 N–H and O–H groups in total. The molecule has 4 rings (SSSR count). The summed E-state index contributed by atoms with van der Waals surface area (Å²) in [6.45, 7) is 6.90. The lowest BCUT2D eigenvalue weighted by molar-refractivity contribution is -0.123. The smallest absolute Gasteiger partial charge is 0.243 e. The number of rotatable bonds is 6. The van der Waals surface area contributed by atoms with Gasteiger partial charge in [-0.3, -0.25) is 9.69 Å². The summed E-state index contributed by atoms with van der Waals surface area (Å²) in [4.78, 5) is 19.8. The zero-order chi connectivity index (χ0) is 20.2. The fourth-order valence-corrected chi connectivity index (χ4v) is 4.24. The number of benzene rings is 2. The topological polar surface area (TPSA) is 50.2 Å². The average Bonchev–Trinajstić information content (AvgIpc) is 3.18. The second-order valence-electron chi connectivity index (χ2n) is 8.12. The van der Waals surface area contributed by atoms with E-state index in [0.717, 1.165) is 24.1 Å². The van der Waals surface area contributed by atoms with Crippen molar-refractivity contribution < 1.29 is 4.79 Å². The predicted octanol–water partition coefficient (Wildman–Crippen LogP) is 4.29. The third-order valence-electron chi connectivity index (χ3n) is 6.16. The quantitative estimate of drug-likeness (QED) is 0.683. The van der Waals surface area contributed by atoms with Gasteiger partial charge >= 0.3 is 0 Å². The Kier molecular flexibility index (Phi) is 5.95. The molecule has 152 valence electrons. The van der Waals surface area contributed by atoms with Crippen molar-refractivity contribution in [2.75, 3.05) is 6.54 Å². The van der Waals surface area contributed by atoms with Crippen LogP contribution in [0.25, 0.3) is 11.0 Å². The second-order valence-corrected chi connectivity index (χ2v) is 8.12. The molecule has 1 saturated heterocycles. The van der Waals surface area contributed by atoms with Gasteiger partial charge in [-0.05, 0) is 56.5 Å². The predicted molar refractivity (Wildman–Crippen MR) is 116 cm³/mol. The van der Waals surface area contributed by atoms with Gasteiger partial charge in [-0.1, -0.05) is 42.8 Å². The SMILES string of the molecule is C[C@H](C(=O)NCc1ccccc1CN1CCCC[C@@H]1C)n1cnc2ccccc21. The molecule has 2 atom stereocenters. The van der Waals surface area contributed by atoms with E-state index in [1.54, 1.807) is 6.33 Å². The van der Waals surface area contributed by atoms with Gasteiger partial charge in [-0.2, -0.15) is 0 Å². The number of aromatic nitrogens is 2. The number of hydrogen-bond donors (Lipinski definition) is 1. The number of nitrogens with zero attached hydrogens (tertiary/aromatic N) is 3. The van der Waals surface area contributed by atoms with Gasteiger partial charge in [0.1, 0.15) is 6.04 Å². The summed E-state index contributed by atoms with van der Waals surface area (Å²) in [5.74, 6) is 0.00861. The summed E-state index contributed by atoms with van der Waals surface area (Å²) < 4.78 is 1.94. The van der Waals surface area contributed by atoms with Crippen molar-refractivity contribution >= 4 is 16.9 Å². The molecule has 0 spiro atoms. The van der Waals surface area contributed by atoms with Gasteiger partial charge in [0.2, 0.25) is 5.91 Å². The molecular weight excluding hydrogens is 360 g/mol. The van der Waals surface area contributed by atoms with Crippen LogP contribution < -0.4 is 5.32 Å². The normalized spacial score (nSPS) is 18.6. The average molecular weight is 391 g/mol. The van der Waals surface area contributed by atoms with Crippen molar-refractivity contribution in [2.45, 2.75) is 58.3 Å². The largest absolute Gasteiger partial charge is 0.350 e. The number of imidazole rings is 1. The van der Waals surface area contributed by atoms with Gasteiger partial charge < -0.3 is 9.88 Å². The number of likely N-dealkylation sites (tertiary alicyclic amines) is 1. The number of nitrogens with one attached hydrogen (secondary N) is 1. The highest BCUT2D eigenvalue weighted by molar-refractivity contribution is 5.83. The minimum absolute atomic E-state index is 0.00861. The van der Waals surface area contributed by atoms with Crippen LogP contribution in [0.4, 0.5) is 0 Å². The first-order valence-electron chi connectivity index (χ1n) is 10.6. The first kappa shape index (κ1) is 19.6. The molecule has 0 radical (unpaired) electrons. The van der Waals surface area contributed by atoms with E-state index >= 15 is 0 Å². The number of carbonyl (C=O) groups is 1. The Morgan fingerprint density at radius 2 is 1.90 bits per heavy atom. The minimum atomic E-state index is -0.309. The Hall–Kier alpha value is -2.66. The van der Waals surface area contributed by atoms with Gasteiger partial charge in [0.05, 0.1) is 17.4 Å². The summed E-state index contributed by atoms with van der Waals surface area (Å²) in [6, 6.07) is 16.7. The highest BCUT2D eigenvalue weighted by atomic mass is 16.2. The first-order valence-corrected chi connectivity index (χ1v) is 10.6. The maximum absolute atomic E-state index is 12.8. The molecule has 5 nitrogen and oxygen atoms in total. The lowest BCUT2D eigenvalue weighted by Crippen LogP contribution is -2.37. The molecule has 1 aliphatic rings. The zero-order valence-electron chi connectivity index (χ0n) is 17.3. The Morgan fingerprint density at radius 3 is 2.72 bits per heavy atom. The molecule has 0 saturated carbocycles. The maximum atomic E-state index is 12.8. The van der Waals surface area contributed by atoms with Crippen molar-refractivity contribution in [1.29, 1.82) is 0 Å². The molecule has 0 bridgehead atoms. The number of piperidine rings is 1. The molecule has 0 aliphatic carbocycles. The standard InChI is InChI=1S/C24H30N4O/c1-18-9-7-8-14-27(18)16-21-11-4-3-10-20(21)15-25-24(29)19(2)28-17-26-22-12-5-6-13-23(22)28/h3-6,10-13,17-19H,7-9,14-16H2,1-2H3,(H,25,29)/t18-,19+/m0/s1. The van der Waals surface area contributed by atoms with E-state index in [4.69, 9.17) is 0 Å². The van der Waals surface area contributed by atoms with Crippen LogP contribution in [0.2, 0.25) is 0 Å². The molecule has 29 heavy (non-hydrogen) atoms. The summed E-state index contributed by atoms with van der Waals surface area (Å²) in [7, 11) is 0. The van der Waals surface area contributed by atoms with Crippen LogP contribution in [0.1, 0.15) is 50.3 Å². The number of hydrogen-bond acceptors (Lipinski definition) is 3. The van der Waals surface area contributed by atoms with Crippen LogP contribution in [0.3, 0.4) is 0 Å². The van der Waals surface area contributed by atoms with Gasteiger partial charge in [0.15, 0.2) is 0 Å². The Balaban J connectivity index is 1.43. The number of fused-ring (bicyclic) bond motifs is 1. The number of carbonyl (C=O) groups excluding carboxylic acids is 1. The van der Waals surface area contributed by atoms with Crippen LogP contribution in [0.15, 0.2) is 54.9 Å². The molecule has 1 amide bonds. The van der Waals surface area contributed by atoms with E-state index < -0.39 is 0 Å². The lowest BCUT2D eigenvalue weighted by atomic mass is 10.0. The molecule has 2 aromatic carbocycles. The summed E-state index contributed by atoms with van der Waals surface area (Å²) in [5.41, 5.74) is 4.39. The molecule has 1 aromatic heterocycles. The first-order chi connectivity index (χ1) is 14.1. The van der Waals surface area contributed by atoms with Gasteiger partial charge in [0.25, 0.3) is 0 Å². The summed E-state index contributed by atoms with van der Waals surface area (Å²) >= 11 is 0. The van der Waals surface area contributed by atoms with E-state index in [1.807, 2.05) is 35.8 Å². The monoisotopic (exact) mass is 390 g/mol. The van der Waals surface area contributed by atoms with Gasteiger partial charge in [-0.15, -0.1) is 0 Å². The molecular formula is C24H30N4O. The number of para-hydroxylation sites is 2. The Labute approximate surface area is 172 Å². The molecule has 0 unspecified atom stereocenters. The molecule has 2 heterocycles. The molecule has 1 aliphatic heterocycles. The zero-order valence-corrected chi connectivity index (χ0v) is 17.3. The summed E-state index contributed by atoms with van der Waals surface area (Å²) in [6.07, 6.45) is 5.63. The third-order valence-corrected chi connectivity index (χ3v) is 6.16. The van der Waals surface area contributed by atoms with Crippen LogP contribution in [0.5, 0.6) is 0 Å². The van der Waals surface area contributed by atoms with Gasteiger partial charge in [-0.25, -0.2) is 4.98 Å². The van der Waals surface area contributed by atoms with E-state index in [9.17, 15) is 4.79 Å². The fraction of sp³-hybridized carbons (Fsp3) is 0.417. The van der Waals surface area contributed by atoms with Crippen LogP contribution in [0, 0.1) is 0 Å². The highest BCUT2D eigenvalue weighted by Gasteiger charge is 2.20. The van der Waals surface area contributed by atoms with Crippen molar-refractivity contribution in [2.24, 2.45) is 0 Å². The van der Waals surface area contributed by atoms with Crippen molar-refractivity contribution in [1.82, 2.24) is 19.8 Å². The molecule has 1 fully saturated rings. The van der Waals surface area contributed by atoms with Crippen molar-refractivity contribution in [3.63, 3.8) is 0 Å². The Bertz CT molecular complexity index is 980. The van der Waals surface area contributed by atoms with Gasteiger partial charge in [0, 0.05) is 19.1 Å². The third kappa shape index (κ3) is 4.35.